The van der Waals surface area contributed by atoms with E-state index in [9.17, 15) is 19.7 Å². The Bertz CT molecular complexity index is 847. The molecule has 8 heteroatoms. The molecule has 0 spiro atoms. The lowest BCUT2D eigenvalue weighted by molar-refractivity contribution is -0.385. The van der Waals surface area contributed by atoms with E-state index in [1.165, 1.54) is 6.07 Å². The number of carbonyl (C=O) groups excluding carboxylic acids is 2. The molecular formula is C19H22N4O4. The molecule has 0 heterocycles. The van der Waals surface area contributed by atoms with Gasteiger partial charge in [0.2, 0.25) is 0 Å². The Morgan fingerprint density at radius 1 is 1.11 bits per heavy atom. The molecule has 0 aromatic heterocycles. The molecule has 0 saturated carbocycles. The van der Waals surface area contributed by atoms with E-state index in [4.69, 9.17) is 0 Å². The lowest BCUT2D eigenvalue weighted by Crippen LogP contribution is -2.39. The number of benzene rings is 2. The molecule has 2 aromatic carbocycles. The van der Waals surface area contributed by atoms with E-state index in [2.05, 4.69) is 16.0 Å². The Kier molecular flexibility index (Phi) is 6.48. The number of nitrogens with one attached hydrogen (secondary N) is 3. The predicted molar refractivity (Wildman–Crippen MR) is 103 cm³/mol. The molecule has 0 aliphatic rings. The average molecular weight is 370 g/mol. The number of hydrogen-bond donors (Lipinski definition) is 3. The predicted octanol–water partition coefficient (Wildman–Crippen LogP) is 3.36. The monoisotopic (exact) mass is 370 g/mol. The van der Waals surface area contributed by atoms with Gasteiger partial charge in [-0.15, -0.1) is 0 Å². The van der Waals surface area contributed by atoms with E-state index in [0.717, 1.165) is 5.56 Å². The molecule has 27 heavy (non-hydrogen) atoms. The number of urea groups is 1. The molecule has 2 rings (SSSR count). The van der Waals surface area contributed by atoms with Crippen molar-refractivity contribution in [2.45, 2.75) is 33.4 Å². The van der Waals surface area contributed by atoms with E-state index in [1.807, 2.05) is 13.8 Å². The fourth-order valence-corrected chi connectivity index (χ4v) is 2.36. The Labute approximate surface area is 157 Å². The molecule has 3 N–H and O–H groups in total. The van der Waals surface area contributed by atoms with Gasteiger partial charge in [-0.1, -0.05) is 18.2 Å². The number of hydrogen-bond acceptors (Lipinski definition) is 4. The van der Waals surface area contributed by atoms with Crippen molar-refractivity contribution in [3.63, 3.8) is 0 Å². The number of nitro benzene ring substituents is 1. The topological polar surface area (TPSA) is 113 Å². The molecule has 2 aromatic rings. The van der Waals surface area contributed by atoms with Gasteiger partial charge in [0, 0.05) is 35.5 Å². The molecular weight excluding hydrogens is 348 g/mol. The first-order valence-corrected chi connectivity index (χ1v) is 8.46. The summed E-state index contributed by atoms with van der Waals surface area (Å²) in [6.45, 7) is 5.72. The fraction of sp³-hybridized carbons (Fsp3) is 0.263. The van der Waals surface area contributed by atoms with E-state index in [-0.39, 0.29) is 23.7 Å². The van der Waals surface area contributed by atoms with Crippen molar-refractivity contribution in [3.05, 3.63) is 69.3 Å². The third kappa shape index (κ3) is 5.81. The minimum atomic E-state index is -0.484. The average Bonchev–Trinajstić information content (AvgIpc) is 2.61. The maximum absolute atomic E-state index is 12.3. The molecule has 0 radical (unpaired) electrons. The summed E-state index contributed by atoms with van der Waals surface area (Å²) < 4.78 is 0. The van der Waals surface area contributed by atoms with Gasteiger partial charge in [0.1, 0.15) is 0 Å². The van der Waals surface area contributed by atoms with Crippen molar-refractivity contribution in [3.8, 4) is 0 Å². The summed E-state index contributed by atoms with van der Waals surface area (Å²) in [5.74, 6) is -0.370. The SMILES string of the molecule is Cc1ccc(NC(=O)c2ccc(CNC(=O)NC(C)C)cc2)cc1[N+](=O)[O-]. The molecule has 0 fully saturated rings. The van der Waals surface area contributed by atoms with Crippen LogP contribution in [0.1, 0.15) is 35.3 Å². The number of nitro groups is 1. The molecule has 0 unspecified atom stereocenters. The zero-order valence-electron chi connectivity index (χ0n) is 15.4. The number of amides is 3. The summed E-state index contributed by atoms with van der Waals surface area (Å²) in [4.78, 5) is 34.4. The van der Waals surface area contributed by atoms with Gasteiger partial charge in [0.25, 0.3) is 11.6 Å². The maximum Gasteiger partial charge on any atom is 0.315 e. The van der Waals surface area contributed by atoms with Crippen LogP contribution in [0.4, 0.5) is 16.2 Å². The highest BCUT2D eigenvalue weighted by atomic mass is 16.6. The van der Waals surface area contributed by atoms with Crippen LogP contribution in [0, 0.1) is 17.0 Å². The summed E-state index contributed by atoms with van der Waals surface area (Å²) in [5, 5.41) is 19.1. The zero-order valence-corrected chi connectivity index (χ0v) is 15.4. The Hall–Kier alpha value is -3.42. The van der Waals surface area contributed by atoms with Crippen LogP contribution in [0.2, 0.25) is 0 Å². The van der Waals surface area contributed by atoms with Gasteiger partial charge in [-0.25, -0.2) is 4.79 Å². The Morgan fingerprint density at radius 3 is 2.37 bits per heavy atom. The molecule has 8 nitrogen and oxygen atoms in total. The van der Waals surface area contributed by atoms with Crippen LogP contribution >= 0.6 is 0 Å². The van der Waals surface area contributed by atoms with Gasteiger partial charge < -0.3 is 16.0 Å². The van der Waals surface area contributed by atoms with Gasteiger partial charge in [-0.3, -0.25) is 14.9 Å². The summed E-state index contributed by atoms with van der Waals surface area (Å²) in [6.07, 6.45) is 0. The van der Waals surface area contributed by atoms with Crippen LogP contribution in [-0.2, 0) is 6.54 Å². The molecule has 0 saturated heterocycles. The minimum Gasteiger partial charge on any atom is -0.336 e. The highest BCUT2D eigenvalue weighted by Gasteiger charge is 2.13. The zero-order chi connectivity index (χ0) is 20.0. The van der Waals surface area contributed by atoms with Crippen LogP contribution < -0.4 is 16.0 Å². The van der Waals surface area contributed by atoms with Crippen LogP contribution in [0.25, 0.3) is 0 Å². The molecule has 0 aliphatic heterocycles. The summed E-state index contributed by atoms with van der Waals surface area (Å²) in [6, 6.07) is 11.1. The van der Waals surface area contributed by atoms with Crippen LogP contribution in [0.5, 0.6) is 0 Å². The minimum absolute atomic E-state index is 0.0473. The Morgan fingerprint density at radius 2 is 1.78 bits per heavy atom. The second kappa shape index (κ2) is 8.79. The van der Waals surface area contributed by atoms with Crippen LogP contribution in [0.15, 0.2) is 42.5 Å². The number of aryl methyl sites for hydroxylation is 1. The third-order valence-electron chi connectivity index (χ3n) is 3.75. The molecule has 3 amide bonds. The molecule has 0 atom stereocenters. The third-order valence-corrected chi connectivity index (χ3v) is 3.75. The highest BCUT2D eigenvalue weighted by molar-refractivity contribution is 6.04. The van der Waals surface area contributed by atoms with Gasteiger partial charge in [0.05, 0.1) is 4.92 Å². The van der Waals surface area contributed by atoms with Crippen LogP contribution in [-0.4, -0.2) is 22.9 Å². The van der Waals surface area contributed by atoms with Crippen molar-refractivity contribution >= 4 is 23.3 Å². The fourth-order valence-electron chi connectivity index (χ4n) is 2.36. The van der Waals surface area contributed by atoms with E-state index in [1.54, 1.807) is 43.3 Å². The van der Waals surface area contributed by atoms with Crippen molar-refractivity contribution in [1.82, 2.24) is 10.6 Å². The molecule has 142 valence electrons. The molecule has 0 aliphatic carbocycles. The number of nitrogens with zero attached hydrogens (tertiary/aromatic N) is 1. The van der Waals surface area contributed by atoms with Crippen molar-refractivity contribution < 1.29 is 14.5 Å². The highest BCUT2D eigenvalue weighted by Crippen LogP contribution is 2.22. The number of carbonyl (C=O) groups is 2. The van der Waals surface area contributed by atoms with E-state index in [0.29, 0.717) is 23.4 Å². The first-order chi connectivity index (χ1) is 12.8. The maximum atomic E-state index is 12.3. The largest absolute Gasteiger partial charge is 0.336 e. The number of anilines is 1. The van der Waals surface area contributed by atoms with Crippen molar-refractivity contribution in [2.24, 2.45) is 0 Å². The first kappa shape index (κ1) is 19.9. The summed E-state index contributed by atoms with van der Waals surface area (Å²) in [5.41, 5.74) is 2.09. The number of rotatable bonds is 6. The van der Waals surface area contributed by atoms with Crippen molar-refractivity contribution in [2.75, 3.05) is 5.32 Å². The standard InChI is InChI=1S/C19H22N4O4/c1-12(2)21-19(25)20-11-14-5-7-15(8-6-14)18(24)22-16-9-4-13(3)17(10-16)23(26)27/h4-10,12H,11H2,1-3H3,(H,22,24)(H2,20,21,25). The second-order valence-corrected chi connectivity index (χ2v) is 6.39. The molecule has 0 bridgehead atoms. The summed E-state index contributed by atoms with van der Waals surface area (Å²) in [7, 11) is 0. The van der Waals surface area contributed by atoms with Gasteiger partial charge in [-0.05, 0) is 44.5 Å². The smallest absolute Gasteiger partial charge is 0.315 e. The van der Waals surface area contributed by atoms with Gasteiger partial charge in [0.15, 0.2) is 0 Å². The Balaban J connectivity index is 1.98. The normalized spacial score (nSPS) is 10.4. The van der Waals surface area contributed by atoms with Crippen LogP contribution in [0.3, 0.4) is 0 Å². The first-order valence-electron chi connectivity index (χ1n) is 8.46. The lowest BCUT2D eigenvalue weighted by Gasteiger charge is -2.10. The second-order valence-electron chi connectivity index (χ2n) is 6.39. The van der Waals surface area contributed by atoms with Gasteiger partial charge >= 0.3 is 6.03 Å². The summed E-state index contributed by atoms with van der Waals surface area (Å²) >= 11 is 0. The van der Waals surface area contributed by atoms with Crippen molar-refractivity contribution in [1.29, 1.82) is 0 Å². The van der Waals surface area contributed by atoms with E-state index < -0.39 is 4.92 Å². The van der Waals surface area contributed by atoms with Gasteiger partial charge in [-0.2, -0.15) is 0 Å². The van der Waals surface area contributed by atoms with E-state index >= 15 is 0 Å². The quantitative estimate of drug-likeness (QED) is 0.534. The lowest BCUT2D eigenvalue weighted by atomic mass is 10.1.